The zero-order chi connectivity index (χ0) is 30.9. The van der Waals surface area contributed by atoms with Crippen LogP contribution in [0, 0.1) is 23.2 Å². The summed E-state index contributed by atoms with van der Waals surface area (Å²) < 4.78 is 36.3. The van der Waals surface area contributed by atoms with Crippen LogP contribution in [0.2, 0.25) is 5.02 Å². The van der Waals surface area contributed by atoms with E-state index >= 15 is 0 Å². The molecule has 236 valence electrons. The van der Waals surface area contributed by atoms with Crippen molar-refractivity contribution in [1.29, 1.82) is 0 Å². The third-order valence-electron chi connectivity index (χ3n) is 11.3. The molecule has 7 rings (SSSR count). The van der Waals surface area contributed by atoms with Crippen LogP contribution in [0.15, 0.2) is 48.6 Å². The van der Waals surface area contributed by atoms with E-state index < -0.39 is 27.3 Å². The maximum Gasteiger partial charge on any atom is 0.264 e. The van der Waals surface area contributed by atoms with Crippen LogP contribution in [0.4, 0.5) is 5.69 Å². The second kappa shape index (κ2) is 11.1. The Kier molecular flexibility index (Phi) is 7.57. The molecule has 5 aliphatic rings. The van der Waals surface area contributed by atoms with Gasteiger partial charge < -0.3 is 14.7 Å². The number of nitrogens with zero attached hydrogens (tertiary/aromatic N) is 1. The van der Waals surface area contributed by atoms with Crippen LogP contribution in [0.1, 0.15) is 80.3 Å². The standard InChI is InChI=1S/C35H43ClN2O5S/c1-22-5-3-7-30(39)28-14-16-34(28,2)19-38-20-35(15-4-6-24-17-26(36)11-12-27(24)35)21-43-31-13-10-25(18-29(31)38)33(40)37-44(41,42)32(22)23-8-9-23/h3,7,10-13,17-18,22-23,28,30,32,39H,4-6,8-9,14-16,19-21H2,1-2H3,(H,37,40)/b7-3+/t22-,28-,30-,32+,34?,35-/m0/s1. The maximum atomic E-state index is 13.6. The number of hydrogen-bond acceptors (Lipinski definition) is 6. The largest absolute Gasteiger partial charge is 0.490 e. The molecule has 2 N–H and O–H groups in total. The van der Waals surface area contributed by atoms with Gasteiger partial charge in [-0.3, -0.25) is 4.79 Å². The molecule has 0 saturated heterocycles. The minimum atomic E-state index is -3.92. The van der Waals surface area contributed by atoms with Crippen molar-refractivity contribution in [2.45, 2.75) is 82.0 Å². The topological polar surface area (TPSA) is 95.9 Å². The lowest BCUT2D eigenvalue weighted by molar-refractivity contribution is -0.0245. The van der Waals surface area contributed by atoms with Crippen molar-refractivity contribution in [3.63, 3.8) is 0 Å². The van der Waals surface area contributed by atoms with Gasteiger partial charge in [0.2, 0.25) is 10.0 Å². The van der Waals surface area contributed by atoms with Gasteiger partial charge in [-0.2, -0.15) is 0 Å². The molecule has 2 saturated carbocycles. The summed E-state index contributed by atoms with van der Waals surface area (Å²) in [4.78, 5) is 16.0. The van der Waals surface area contributed by atoms with Crippen molar-refractivity contribution >= 4 is 33.2 Å². The molecule has 6 atom stereocenters. The van der Waals surface area contributed by atoms with Crippen molar-refractivity contribution in [2.24, 2.45) is 23.2 Å². The lowest BCUT2D eigenvalue weighted by Crippen LogP contribution is -2.54. The Morgan fingerprint density at radius 2 is 1.91 bits per heavy atom. The number of ether oxygens (including phenoxy) is 1. The molecule has 0 radical (unpaired) electrons. The summed E-state index contributed by atoms with van der Waals surface area (Å²) in [5, 5.41) is 11.5. The third kappa shape index (κ3) is 5.35. The van der Waals surface area contributed by atoms with E-state index in [1.165, 1.54) is 11.1 Å². The average molecular weight is 639 g/mol. The number of amides is 1. The summed E-state index contributed by atoms with van der Waals surface area (Å²) in [6.07, 6.45) is 10.3. The van der Waals surface area contributed by atoms with E-state index in [1.54, 1.807) is 12.1 Å². The second-order valence-electron chi connectivity index (χ2n) is 14.5. The van der Waals surface area contributed by atoms with E-state index in [0.717, 1.165) is 55.7 Å². The molecule has 2 bridgehead atoms. The van der Waals surface area contributed by atoms with Gasteiger partial charge in [0, 0.05) is 29.1 Å². The van der Waals surface area contributed by atoms with Crippen LogP contribution < -0.4 is 14.4 Å². The molecule has 2 fully saturated rings. The zero-order valence-corrected chi connectivity index (χ0v) is 27.2. The number of nitrogens with one attached hydrogen (secondary N) is 1. The monoisotopic (exact) mass is 638 g/mol. The van der Waals surface area contributed by atoms with E-state index in [1.807, 2.05) is 31.2 Å². The first-order chi connectivity index (χ1) is 21.0. The summed E-state index contributed by atoms with van der Waals surface area (Å²) >= 11 is 6.42. The Hall–Kier alpha value is -2.55. The van der Waals surface area contributed by atoms with Crippen LogP contribution >= 0.6 is 11.6 Å². The van der Waals surface area contributed by atoms with Gasteiger partial charge in [-0.15, -0.1) is 0 Å². The Morgan fingerprint density at radius 1 is 1.09 bits per heavy atom. The van der Waals surface area contributed by atoms with Gasteiger partial charge in [0.15, 0.2) is 0 Å². The van der Waals surface area contributed by atoms with E-state index in [-0.39, 0.29) is 28.6 Å². The highest BCUT2D eigenvalue weighted by Gasteiger charge is 2.50. The lowest BCUT2D eigenvalue weighted by Gasteiger charge is -2.52. The van der Waals surface area contributed by atoms with Gasteiger partial charge in [-0.1, -0.05) is 43.7 Å². The Morgan fingerprint density at radius 3 is 2.66 bits per heavy atom. The number of fused-ring (bicyclic) bond motifs is 4. The highest BCUT2D eigenvalue weighted by molar-refractivity contribution is 7.90. The normalized spacial score (nSPS) is 35.7. The molecule has 2 aromatic carbocycles. The van der Waals surface area contributed by atoms with Crippen LogP contribution in [-0.4, -0.2) is 50.5 Å². The summed E-state index contributed by atoms with van der Waals surface area (Å²) in [6.45, 7) is 6.08. The first kappa shape index (κ1) is 30.1. The molecule has 9 heteroatoms. The number of benzene rings is 2. The molecule has 1 spiro atoms. The number of carbonyl (C=O) groups excluding carboxylic acids is 1. The van der Waals surface area contributed by atoms with Crippen molar-refractivity contribution < 1.29 is 23.1 Å². The van der Waals surface area contributed by atoms with Crippen LogP contribution in [-0.2, 0) is 21.9 Å². The Bertz CT molecular complexity index is 1610. The highest BCUT2D eigenvalue weighted by Crippen LogP contribution is 2.52. The third-order valence-corrected chi connectivity index (χ3v) is 13.5. The van der Waals surface area contributed by atoms with Gasteiger partial charge in [-0.25, -0.2) is 13.1 Å². The minimum absolute atomic E-state index is 0.0443. The summed E-state index contributed by atoms with van der Waals surface area (Å²) in [7, 11) is -3.92. The fourth-order valence-corrected chi connectivity index (χ4v) is 10.9. The number of aliphatic hydroxyl groups is 1. The van der Waals surface area contributed by atoms with Crippen LogP contribution in [0.25, 0.3) is 0 Å². The molecule has 3 aliphatic carbocycles. The molecule has 7 nitrogen and oxygen atoms in total. The molecule has 1 amide bonds. The minimum Gasteiger partial charge on any atom is -0.490 e. The first-order valence-electron chi connectivity index (χ1n) is 16.2. The number of hydrogen-bond donors (Lipinski definition) is 2. The predicted molar refractivity (Wildman–Crippen MR) is 173 cm³/mol. The number of rotatable bonds is 1. The van der Waals surface area contributed by atoms with Crippen molar-refractivity contribution in [2.75, 3.05) is 24.6 Å². The van der Waals surface area contributed by atoms with Gasteiger partial charge in [0.1, 0.15) is 5.75 Å². The quantitative estimate of drug-likeness (QED) is 0.371. The molecular weight excluding hydrogens is 596 g/mol. The number of allylic oxidation sites excluding steroid dienone is 1. The average Bonchev–Trinajstić information content (AvgIpc) is 3.80. The fourth-order valence-electron chi connectivity index (χ4n) is 8.66. The van der Waals surface area contributed by atoms with Gasteiger partial charge in [-0.05, 0) is 116 Å². The second-order valence-corrected chi connectivity index (χ2v) is 16.7. The molecule has 0 aromatic heterocycles. The fraction of sp³-hybridized carbons (Fsp3) is 0.571. The van der Waals surface area contributed by atoms with Gasteiger partial charge in [0.25, 0.3) is 5.91 Å². The lowest BCUT2D eigenvalue weighted by atomic mass is 9.58. The number of carbonyl (C=O) groups is 1. The smallest absolute Gasteiger partial charge is 0.264 e. The molecule has 1 unspecified atom stereocenters. The van der Waals surface area contributed by atoms with Gasteiger partial charge in [0.05, 0.1) is 23.6 Å². The number of sulfonamides is 1. The zero-order valence-electron chi connectivity index (χ0n) is 25.6. The molecule has 44 heavy (non-hydrogen) atoms. The van der Waals surface area contributed by atoms with Crippen molar-refractivity contribution in [3.05, 3.63) is 70.3 Å². The first-order valence-corrected chi connectivity index (χ1v) is 18.1. The summed E-state index contributed by atoms with van der Waals surface area (Å²) in [5.41, 5.74) is 3.19. The number of anilines is 1. The summed E-state index contributed by atoms with van der Waals surface area (Å²) in [6, 6.07) is 11.5. The molecular formula is C35H43ClN2O5S. The molecule has 2 aromatic rings. The molecule has 2 heterocycles. The van der Waals surface area contributed by atoms with Crippen LogP contribution in [0.3, 0.4) is 0 Å². The number of aryl methyl sites for hydroxylation is 1. The van der Waals surface area contributed by atoms with Crippen molar-refractivity contribution in [1.82, 2.24) is 4.72 Å². The van der Waals surface area contributed by atoms with E-state index in [9.17, 15) is 18.3 Å². The van der Waals surface area contributed by atoms with Crippen molar-refractivity contribution in [3.8, 4) is 5.75 Å². The Labute approximate surface area is 266 Å². The SMILES string of the molecule is C[C@H]1C/C=C/[C@H](O)[C@@H]2CCC2(C)CN2C[C@@]3(CCCc4cc(Cl)ccc43)COc3ccc(cc32)C(=O)NS(=O)(=O)[C@H]1C1CC1. The molecule has 2 aliphatic heterocycles. The maximum absolute atomic E-state index is 13.6. The van der Waals surface area contributed by atoms with E-state index in [2.05, 4.69) is 28.7 Å². The van der Waals surface area contributed by atoms with Gasteiger partial charge >= 0.3 is 0 Å². The number of halogens is 1. The van der Waals surface area contributed by atoms with E-state index in [0.29, 0.717) is 37.4 Å². The van der Waals surface area contributed by atoms with Crippen LogP contribution in [0.5, 0.6) is 5.75 Å². The Balaban J connectivity index is 1.32. The predicted octanol–water partition coefficient (Wildman–Crippen LogP) is 6.02. The highest BCUT2D eigenvalue weighted by atomic mass is 35.5. The van der Waals surface area contributed by atoms with E-state index in [4.69, 9.17) is 16.3 Å². The number of aliphatic hydroxyl groups excluding tert-OH is 1. The summed E-state index contributed by atoms with van der Waals surface area (Å²) in [5.74, 6) is 0.0263.